The van der Waals surface area contributed by atoms with E-state index in [0.717, 1.165) is 24.3 Å². The lowest BCUT2D eigenvalue weighted by molar-refractivity contribution is -0.120. The Kier molecular flexibility index (Phi) is 4.83. The molecule has 0 saturated heterocycles. The lowest BCUT2D eigenvalue weighted by atomic mass is 9.88. The van der Waals surface area contributed by atoms with Crippen LogP contribution in [0.1, 0.15) is 46.0 Å². The SMILES string of the molecule is CC(C)Oc1ccc(NC(=O)C2CCCCC2)cc1. The van der Waals surface area contributed by atoms with Crippen LogP contribution in [0.5, 0.6) is 5.75 Å². The van der Waals surface area contributed by atoms with E-state index in [1.54, 1.807) is 0 Å². The maximum Gasteiger partial charge on any atom is 0.227 e. The Morgan fingerprint density at radius 1 is 1.16 bits per heavy atom. The summed E-state index contributed by atoms with van der Waals surface area (Å²) in [5.41, 5.74) is 0.853. The number of hydrogen-bond donors (Lipinski definition) is 1. The second-order valence-electron chi connectivity index (χ2n) is 5.52. The van der Waals surface area contributed by atoms with E-state index in [9.17, 15) is 4.79 Å². The highest BCUT2D eigenvalue weighted by Crippen LogP contribution is 2.25. The van der Waals surface area contributed by atoms with Gasteiger partial charge in [-0.05, 0) is 51.0 Å². The van der Waals surface area contributed by atoms with Gasteiger partial charge in [0.25, 0.3) is 0 Å². The Morgan fingerprint density at radius 2 is 1.79 bits per heavy atom. The van der Waals surface area contributed by atoms with E-state index in [4.69, 9.17) is 4.74 Å². The molecule has 1 aromatic carbocycles. The lowest BCUT2D eigenvalue weighted by Crippen LogP contribution is -2.24. The highest BCUT2D eigenvalue weighted by atomic mass is 16.5. The molecule has 0 unspecified atom stereocenters. The summed E-state index contributed by atoms with van der Waals surface area (Å²) in [6.45, 7) is 4.00. The van der Waals surface area contributed by atoms with Crippen LogP contribution in [0.25, 0.3) is 0 Å². The Labute approximate surface area is 115 Å². The van der Waals surface area contributed by atoms with Crippen molar-refractivity contribution in [2.75, 3.05) is 5.32 Å². The zero-order valence-electron chi connectivity index (χ0n) is 11.8. The fourth-order valence-electron chi connectivity index (χ4n) is 2.50. The minimum Gasteiger partial charge on any atom is -0.491 e. The first kappa shape index (κ1) is 13.9. The largest absolute Gasteiger partial charge is 0.491 e. The van der Waals surface area contributed by atoms with Gasteiger partial charge in [0.1, 0.15) is 5.75 Å². The number of amides is 1. The fraction of sp³-hybridized carbons (Fsp3) is 0.562. The molecule has 0 radical (unpaired) electrons. The molecule has 1 aliphatic carbocycles. The molecule has 1 fully saturated rings. The van der Waals surface area contributed by atoms with Crippen molar-refractivity contribution < 1.29 is 9.53 Å². The predicted molar refractivity (Wildman–Crippen MR) is 77.4 cm³/mol. The van der Waals surface area contributed by atoms with Crippen molar-refractivity contribution in [3.05, 3.63) is 24.3 Å². The van der Waals surface area contributed by atoms with E-state index in [0.29, 0.717) is 0 Å². The smallest absolute Gasteiger partial charge is 0.227 e. The molecule has 1 saturated carbocycles. The van der Waals surface area contributed by atoms with Crippen LogP contribution in [0.2, 0.25) is 0 Å². The number of carbonyl (C=O) groups is 1. The molecule has 1 N–H and O–H groups in total. The average molecular weight is 261 g/mol. The second kappa shape index (κ2) is 6.60. The highest BCUT2D eigenvalue weighted by molar-refractivity contribution is 5.92. The first-order chi connectivity index (χ1) is 9.15. The van der Waals surface area contributed by atoms with Crippen molar-refractivity contribution in [3.8, 4) is 5.75 Å². The average Bonchev–Trinajstić information content (AvgIpc) is 2.41. The normalized spacial score (nSPS) is 16.4. The number of nitrogens with one attached hydrogen (secondary N) is 1. The standard InChI is InChI=1S/C16H23NO2/c1-12(2)19-15-10-8-14(9-11-15)17-16(18)13-6-4-3-5-7-13/h8-13H,3-7H2,1-2H3,(H,17,18). The fourth-order valence-corrected chi connectivity index (χ4v) is 2.50. The second-order valence-corrected chi connectivity index (χ2v) is 5.52. The summed E-state index contributed by atoms with van der Waals surface area (Å²) in [6.07, 6.45) is 5.85. The molecule has 0 atom stereocenters. The monoisotopic (exact) mass is 261 g/mol. The molecule has 3 heteroatoms. The number of carbonyl (C=O) groups excluding carboxylic acids is 1. The Bertz CT molecular complexity index is 405. The summed E-state index contributed by atoms with van der Waals surface area (Å²) in [5.74, 6) is 1.20. The summed E-state index contributed by atoms with van der Waals surface area (Å²) < 4.78 is 5.58. The zero-order chi connectivity index (χ0) is 13.7. The highest BCUT2D eigenvalue weighted by Gasteiger charge is 2.20. The van der Waals surface area contributed by atoms with Gasteiger partial charge in [-0.2, -0.15) is 0 Å². The topological polar surface area (TPSA) is 38.3 Å². The van der Waals surface area contributed by atoms with Gasteiger partial charge in [-0.1, -0.05) is 19.3 Å². The molecule has 0 bridgehead atoms. The number of benzene rings is 1. The van der Waals surface area contributed by atoms with Crippen LogP contribution in [0, 0.1) is 5.92 Å². The van der Waals surface area contributed by atoms with Gasteiger partial charge in [-0.3, -0.25) is 4.79 Å². The van der Waals surface area contributed by atoms with Crippen LogP contribution in [-0.4, -0.2) is 12.0 Å². The van der Waals surface area contributed by atoms with Gasteiger partial charge in [-0.15, -0.1) is 0 Å². The third kappa shape index (κ3) is 4.27. The van der Waals surface area contributed by atoms with E-state index in [1.165, 1.54) is 19.3 Å². The van der Waals surface area contributed by atoms with Crippen LogP contribution in [0.4, 0.5) is 5.69 Å². The molecular formula is C16H23NO2. The first-order valence-electron chi connectivity index (χ1n) is 7.23. The van der Waals surface area contributed by atoms with E-state index in [1.807, 2.05) is 38.1 Å². The number of ether oxygens (including phenoxy) is 1. The van der Waals surface area contributed by atoms with Crippen LogP contribution in [0.15, 0.2) is 24.3 Å². The van der Waals surface area contributed by atoms with Gasteiger partial charge < -0.3 is 10.1 Å². The molecule has 1 amide bonds. The van der Waals surface area contributed by atoms with Gasteiger partial charge in [-0.25, -0.2) is 0 Å². The van der Waals surface area contributed by atoms with Crippen LogP contribution in [0.3, 0.4) is 0 Å². The maximum atomic E-state index is 12.1. The molecule has 19 heavy (non-hydrogen) atoms. The molecule has 0 heterocycles. The van der Waals surface area contributed by atoms with Crippen LogP contribution in [-0.2, 0) is 4.79 Å². The molecule has 104 valence electrons. The van der Waals surface area contributed by atoms with Crippen LogP contribution < -0.4 is 10.1 Å². The molecule has 3 nitrogen and oxygen atoms in total. The van der Waals surface area contributed by atoms with Crippen molar-refractivity contribution in [2.45, 2.75) is 52.1 Å². The van der Waals surface area contributed by atoms with Gasteiger partial charge in [0.05, 0.1) is 6.10 Å². The Hall–Kier alpha value is -1.51. The summed E-state index contributed by atoms with van der Waals surface area (Å²) in [4.78, 5) is 12.1. The van der Waals surface area contributed by atoms with Gasteiger partial charge in [0, 0.05) is 11.6 Å². The maximum absolute atomic E-state index is 12.1. The first-order valence-corrected chi connectivity index (χ1v) is 7.23. The van der Waals surface area contributed by atoms with Crippen molar-refractivity contribution in [2.24, 2.45) is 5.92 Å². The Balaban J connectivity index is 1.89. The molecular weight excluding hydrogens is 238 g/mol. The molecule has 0 aromatic heterocycles. The Morgan fingerprint density at radius 3 is 2.37 bits per heavy atom. The van der Waals surface area contributed by atoms with Gasteiger partial charge >= 0.3 is 0 Å². The molecule has 0 aliphatic heterocycles. The predicted octanol–water partition coefficient (Wildman–Crippen LogP) is 3.99. The number of rotatable bonds is 4. The summed E-state index contributed by atoms with van der Waals surface area (Å²) in [5, 5.41) is 3.00. The van der Waals surface area contributed by atoms with Crippen molar-refractivity contribution >= 4 is 11.6 Å². The minimum absolute atomic E-state index is 0.164. The van der Waals surface area contributed by atoms with Gasteiger partial charge in [0.2, 0.25) is 5.91 Å². The van der Waals surface area contributed by atoms with Gasteiger partial charge in [0.15, 0.2) is 0 Å². The summed E-state index contributed by atoms with van der Waals surface area (Å²) in [7, 11) is 0. The number of hydrogen-bond acceptors (Lipinski definition) is 2. The van der Waals surface area contributed by atoms with E-state index >= 15 is 0 Å². The lowest BCUT2D eigenvalue weighted by Gasteiger charge is -2.20. The molecule has 1 aliphatic rings. The van der Waals surface area contributed by atoms with Crippen molar-refractivity contribution in [1.29, 1.82) is 0 Å². The third-order valence-corrected chi connectivity index (χ3v) is 3.47. The molecule has 1 aromatic rings. The van der Waals surface area contributed by atoms with E-state index < -0.39 is 0 Å². The van der Waals surface area contributed by atoms with E-state index in [2.05, 4.69) is 5.32 Å². The number of anilines is 1. The third-order valence-electron chi connectivity index (χ3n) is 3.47. The summed E-state index contributed by atoms with van der Waals surface area (Å²) >= 11 is 0. The van der Waals surface area contributed by atoms with Crippen molar-refractivity contribution in [3.63, 3.8) is 0 Å². The molecule has 0 spiro atoms. The molecule has 2 rings (SSSR count). The summed E-state index contributed by atoms with van der Waals surface area (Å²) in [6, 6.07) is 7.60. The van der Waals surface area contributed by atoms with Crippen LogP contribution >= 0.6 is 0 Å². The zero-order valence-corrected chi connectivity index (χ0v) is 11.8. The minimum atomic E-state index is 0.164. The quantitative estimate of drug-likeness (QED) is 0.890. The van der Waals surface area contributed by atoms with E-state index in [-0.39, 0.29) is 17.9 Å². The van der Waals surface area contributed by atoms with Crippen molar-refractivity contribution in [1.82, 2.24) is 0 Å².